The molecule has 0 unspecified atom stereocenters. The van der Waals surface area contributed by atoms with Crippen molar-refractivity contribution in [2.45, 2.75) is 59.8 Å². The second kappa shape index (κ2) is 7.46. The van der Waals surface area contributed by atoms with Gasteiger partial charge in [-0.25, -0.2) is 0 Å². The predicted molar refractivity (Wildman–Crippen MR) is 75.4 cm³/mol. The van der Waals surface area contributed by atoms with E-state index < -0.39 is 0 Å². The van der Waals surface area contributed by atoms with E-state index in [1.54, 1.807) is 0 Å². The molecule has 3 atom stereocenters. The Hall–Kier alpha value is -1.12. The van der Waals surface area contributed by atoms with E-state index in [-0.39, 0.29) is 24.3 Å². The molecule has 0 spiro atoms. The molecule has 1 aliphatic rings. The molecule has 1 heterocycles. The highest BCUT2D eigenvalue weighted by atomic mass is 16.6. The number of rotatable bonds is 7. The van der Waals surface area contributed by atoms with Crippen molar-refractivity contribution >= 4 is 11.9 Å². The Labute approximate surface area is 116 Å². The van der Waals surface area contributed by atoms with Crippen molar-refractivity contribution in [2.75, 3.05) is 0 Å². The molecule has 0 saturated carbocycles. The van der Waals surface area contributed by atoms with Gasteiger partial charge in [0.25, 0.3) is 0 Å². The van der Waals surface area contributed by atoms with Gasteiger partial charge in [0.1, 0.15) is 0 Å². The summed E-state index contributed by atoms with van der Waals surface area (Å²) >= 11 is 0. The van der Waals surface area contributed by atoms with Crippen LogP contribution < -0.4 is 0 Å². The van der Waals surface area contributed by atoms with Crippen molar-refractivity contribution in [3.8, 4) is 0 Å². The van der Waals surface area contributed by atoms with E-state index in [1.165, 1.54) is 24.8 Å². The number of esters is 2. The molecule has 0 bridgehead atoms. The van der Waals surface area contributed by atoms with Crippen LogP contribution in [0, 0.1) is 17.8 Å². The zero-order valence-corrected chi connectivity index (χ0v) is 12.6. The van der Waals surface area contributed by atoms with Crippen molar-refractivity contribution in [3.63, 3.8) is 0 Å². The molecule has 0 N–H and O–H groups in total. The van der Waals surface area contributed by atoms with Crippen LogP contribution in [0.2, 0.25) is 0 Å². The molecule has 0 aliphatic carbocycles. The number of carbonyl (C=O) groups is 2. The molecule has 1 rings (SSSR count). The topological polar surface area (TPSA) is 43.4 Å². The quantitative estimate of drug-likeness (QED) is 0.399. The lowest BCUT2D eigenvalue weighted by atomic mass is 9.90. The lowest BCUT2D eigenvalue weighted by Crippen LogP contribution is -2.08. The third-order valence-electron chi connectivity index (χ3n) is 3.65. The van der Waals surface area contributed by atoms with Crippen LogP contribution in [-0.4, -0.2) is 11.9 Å². The van der Waals surface area contributed by atoms with Gasteiger partial charge in [-0.3, -0.25) is 9.59 Å². The molecule has 0 aromatic carbocycles. The molecular formula is C16H26O3. The fraction of sp³-hybridized carbons (Fsp3) is 0.750. The summed E-state index contributed by atoms with van der Waals surface area (Å²) in [5, 5.41) is 0. The van der Waals surface area contributed by atoms with Crippen LogP contribution in [0.3, 0.4) is 0 Å². The van der Waals surface area contributed by atoms with E-state index in [2.05, 4.69) is 31.6 Å². The van der Waals surface area contributed by atoms with Gasteiger partial charge < -0.3 is 4.74 Å². The summed E-state index contributed by atoms with van der Waals surface area (Å²) in [4.78, 5) is 22.4. The second-order valence-electron chi connectivity index (χ2n) is 6.02. The molecule has 1 fully saturated rings. The molecule has 0 radical (unpaired) electrons. The van der Waals surface area contributed by atoms with Crippen molar-refractivity contribution in [3.05, 3.63) is 11.6 Å². The van der Waals surface area contributed by atoms with E-state index in [4.69, 9.17) is 0 Å². The summed E-state index contributed by atoms with van der Waals surface area (Å²) in [5.74, 6) is 0.262. The lowest BCUT2D eigenvalue weighted by molar-refractivity contribution is -0.153. The van der Waals surface area contributed by atoms with Crippen LogP contribution in [0.4, 0.5) is 0 Å². The number of allylic oxidation sites excluding steroid dienone is 2. The van der Waals surface area contributed by atoms with Crippen LogP contribution >= 0.6 is 0 Å². The maximum Gasteiger partial charge on any atom is 0.317 e. The van der Waals surface area contributed by atoms with E-state index in [0.717, 1.165) is 5.92 Å². The van der Waals surface area contributed by atoms with Gasteiger partial charge in [-0.15, -0.1) is 0 Å². The van der Waals surface area contributed by atoms with Gasteiger partial charge >= 0.3 is 11.9 Å². The van der Waals surface area contributed by atoms with Crippen LogP contribution in [0.5, 0.6) is 0 Å². The molecule has 0 aromatic heterocycles. The molecule has 3 nitrogen and oxygen atoms in total. The molecule has 1 aliphatic heterocycles. The predicted octanol–water partition coefficient (Wildman–Crippen LogP) is 3.87. The first-order chi connectivity index (χ1) is 8.92. The average molecular weight is 266 g/mol. The Bertz CT molecular complexity index is 357. The Morgan fingerprint density at radius 2 is 2.11 bits per heavy atom. The summed E-state index contributed by atoms with van der Waals surface area (Å²) in [6.07, 6.45) is 6.80. The molecule has 0 amide bonds. The van der Waals surface area contributed by atoms with Crippen molar-refractivity contribution in [1.82, 2.24) is 0 Å². The monoisotopic (exact) mass is 266 g/mol. The van der Waals surface area contributed by atoms with E-state index in [9.17, 15) is 9.59 Å². The molecule has 108 valence electrons. The first-order valence-corrected chi connectivity index (χ1v) is 7.34. The van der Waals surface area contributed by atoms with Gasteiger partial charge in [0, 0.05) is 0 Å². The number of ether oxygens (including phenoxy) is 1. The molecule has 19 heavy (non-hydrogen) atoms. The van der Waals surface area contributed by atoms with E-state index in [0.29, 0.717) is 12.3 Å². The van der Waals surface area contributed by atoms with Crippen molar-refractivity contribution < 1.29 is 14.3 Å². The minimum absolute atomic E-state index is 0.241. The number of carbonyl (C=O) groups excluding carboxylic acids is 2. The fourth-order valence-electron chi connectivity index (χ4n) is 2.93. The first kappa shape index (κ1) is 15.9. The van der Waals surface area contributed by atoms with Crippen LogP contribution in [0.25, 0.3) is 0 Å². The lowest BCUT2D eigenvalue weighted by Gasteiger charge is -2.15. The fourth-order valence-corrected chi connectivity index (χ4v) is 2.93. The normalized spacial score (nSPS) is 23.4. The summed E-state index contributed by atoms with van der Waals surface area (Å²) in [5.41, 5.74) is 1.19. The Kier molecular flexibility index (Phi) is 6.26. The van der Waals surface area contributed by atoms with Gasteiger partial charge in [-0.1, -0.05) is 45.3 Å². The summed E-state index contributed by atoms with van der Waals surface area (Å²) in [6, 6.07) is 0. The van der Waals surface area contributed by atoms with Gasteiger partial charge in [0.2, 0.25) is 0 Å². The zero-order chi connectivity index (χ0) is 14.4. The van der Waals surface area contributed by atoms with Crippen molar-refractivity contribution in [2.24, 2.45) is 17.8 Å². The number of hydrogen-bond acceptors (Lipinski definition) is 3. The maximum atomic E-state index is 11.4. The SMILES string of the molecule is CCC[C@H](C)C[C@H](C)/C=C(\C)C[C@H]1CC(=O)OC1=O. The minimum atomic E-state index is -0.382. The Morgan fingerprint density at radius 3 is 2.63 bits per heavy atom. The van der Waals surface area contributed by atoms with Gasteiger partial charge in [0.05, 0.1) is 12.3 Å². The number of cyclic esters (lactones) is 2. The van der Waals surface area contributed by atoms with E-state index >= 15 is 0 Å². The highest BCUT2D eigenvalue weighted by Gasteiger charge is 2.33. The second-order valence-corrected chi connectivity index (χ2v) is 6.02. The van der Waals surface area contributed by atoms with Crippen LogP contribution in [0.1, 0.15) is 59.8 Å². The minimum Gasteiger partial charge on any atom is -0.393 e. The highest BCUT2D eigenvalue weighted by Crippen LogP contribution is 2.25. The molecule has 0 aromatic rings. The molecular weight excluding hydrogens is 240 g/mol. The van der Waals surface area contributed by atoms with Crippen LogP contribution in [0.15, 0.2) is 11.6 Å². The van der Waals surface area contributed by atoms with Crippen molar-refractivity contribution in [1.29, 1.82) is 0 Å². The van der Waals surface area contributed by atoms with Crippen LogP contribution in [-0.2, 0) is 14.3 Å². The van der Waals surface area contributed by atoms with E-state index in [1.807, 2.05) is 6.92 Å². The first-order valence-electron chi connectivity index (χ1n) is 7.34. The largest absolute Gasteiger partial charge is 0.393 e. The third kappa shape index (κ3) is 5.58. The summed E-state index contributed by atoms with van der Waals surface area (Å²) in [6.45, 7) is 8.76. The van der Waals surface area contributed by atoms with Gasteiger partial charge in [-0.05, 0) is 31.6 Å². The molecule has 1 saturated heterocycles. The van der Waals surface area contributed by atoms with Gasteiger partial charge in [0.15, 0.2) is 0 Å². The Balaban J connectivity index is 2.43. The number of hydrogen-bond donors (Lipinski definition) is 0. The summed E-state index contributed by atoms with van der Waals surface area (Å²) < 4.78 is 4.57. The average Bonchev–Trinajstić information content (AvgIpc) is 2.56. The third-order valence-corrected chi connectivity index (χ3v) is 3.65. The van der Waals surface area contributed by atoms with Gasteiger partial charge in [-0.2, -0.15) is 0 Å². The maximum absolute atomic E-state index is 11.4. The highest BCUT2D eigenvalue weighted by molar-refractivity contribution is 5.94. The standard InChI is InChI=1S/C16H26O3/c1-5-6-11(2)7-12(3)8-13(4)9-14-10-15(17)19-16(14)18/h8,11-12,14H,5-7,9-10H2,1-4H3/b13-8+/t11-,12-,14-/m0/s1. The molecule has 3 heteroatoms. The smallest absolute Gasteiger partial charge is 0.317 e. The summed E-state index contributed by atoms with van der Waals surface area (Å²) in [7, 11) is 0. The Morgan fingerprint density at radius 1 is 1.42 bits per heavy atom. The zero-order valence-electron chi connectivity index (χ0n) is 12.6.